The highest BCUT2D eigenvalue weighted by atomic mass is 19.4. The van der Waals surface area contributed by atoms with Crippen molar-refractivity contribution in [2.75, 3.05) is 25.1 Å². The number of hydrogen-bond acceptors (Lipinski definition) is 5. The summed E-state index contributed by atoms with van der Waals surface area (Å²) in [6.45, 7) is -0.793. The van der Waals surface area contributed by atoms with E-state index in [1.165, 1.54) is 18.3 Å². The average Bonchev–Trinajstić information content (AvgIpc) is 2.59. The van der Waals surface area contributed by atoms with Crippen LogP contribution in [-0.2, 0) is 0 Å². The van der Waals surface area contributed by atoms with Crippen LogP contribution in [0.25, 0.3) is 0 Å². The summed E-state index contributed by atoms with van der Waals surface area (Å²) in [4.78, 5) is 15.9. The van der Waals surface area contributed by atoms with Crippen molar-refractivity contribution in [2.45, 2.75) is 6.18 Å². The monoisotopic (exact) mass is 355 g/mol. The molecule has 0 saturated carbocycles. The molecule has 0 atom stereocenters. The van der Waals surface area contributed by atoms with Gasteiger partial charge >= 0.3 is 6.18 Å². The van der Waals surface area contributed by atoms with E-state index in [1.54, 1.807) is 24.3 Å². The molecule has 9 heteroatoms. The number of alkyl halides is 3. The summed E-state index contributed by atoms with van der Waals surface area (Å²) in [5, 5.41) is 2.56. The van der Waals surface area contributed by atoms with Crippen molar-refractivity contribution in [1.29, 1.82) is 0 Å². The highest BCUT2D eigenvalue weighted by Gasteiger charge is 2.29. The van der Waals surface area contributed by atoms with E-state index in [0.29, 0.717) is 24.6 Å². The number of rotatable bonds is 7. The van der Waals surface area contributed by atoms with E-state index in [4.69, 9.17) is 10.5 Å². The van der Waals surface area contributed by atoms with Crippen molar-refractivity contribution < 1.29 is 27.4 Å². The van der Waals surface area contributed by atoms with Crippen LogP contribution < -0.4 is 20.5 Å². The van der Waals surface area contributed by atoms with Crippen LogP contribution in [0.5, 0.6) is 11.6 Å². The summed E-state index contributed by atoms with van der Waals surface area (Å²) in [7, 11) is 0. The molecule has 0 aliphatic rings. The highest BCUT2D eigenvalue weighted by Crippen LogP contribution is 2.22. The van der Waals surface area contributed by atoms with Gasteiger partial charge in [-0.05, 0) is 36.4 Å². The van der Waals surface area contributed by atoms with E-state index in [0.717, 1.165) is 0 Å². The lowest BCUT2D eigenvalue weighted by Gasteiger charge is -2.12. The zero-order valence-electron chi connectivity index (χ0n) is 13.0. The molecular formula is C16H16F3N3O3. The molecular weight excluding hydrogens is 339 g/mol. The first-order chi connectivity index (χ1) is 11.9. The first kappa shape index (κ1) is 18.5. The standard InChI is InChI=1S/C16H16F3N3O3/c17-16(18,19)10-25-15-13(2-1-8-21-15)14(23)22-11-3-5-12(6-4-11)24-9-7-20/h1-6,8H,7,9-10,20H2,(H,22,23). The minimum atomic E-state index is -4.52. The predicted octanol–water partition coefficient (Wildman–Crippen LogP) is 2.61. The fourth-order valence-electron chi connectivity index (χ4n) is 1.84. The molecule has 0 saturated heterocycles. The van der Waals surface area contributed by atoms with Crippen LogP contribution in [0.2, 0.25) is 0 Å². The zero-order valence-corrected chi connectivity index (χ0v) is 13.0. The average molecular weight is 355 g/mol. The minimum absolute atomic E-state index is 0.102. The fourth-order valence-corrected chi connectivity index (χ4v) is 1.84. The molecule has 0 fully saturated rings. The van der Waals surface area contributed by atoms with Gasteiger partial charge in [0.1, 0.15) is 17.9 Å². The van der Waals surface area contributed by atoms with Crippen LogP contribution in [0.3, 0.4) is 0 Å². The van der Waals surface area contributed by atoms with Crippen molar-refractivity contribution >= 4 is 11.6 Å². The largest absolute Gasteiger partial charge is 0.492 e. The van der Waals surface area contributed by atoms with Crippen molar-refractivity contribution in [3.8, 4) is 11.6 Å². The second-order valence-electron chi connectivity index (χ2n) is 4.88. The summed E-state index contributed by atoms with van der Waals surface area (Å²) >= 11 is 0. The Balaban J connectivity index is 2.05. The molecule has 1 heterocycles. The fraction of sp³-hybridized carbons (Fsp3) is 0.250. The summed E-state index contributed by atoms with van der Waals surface area (Å²) in [6, 6.07) is 9.21. The number of halogens is 3. The summed E-state index contributed by atoms with van der Waals surface area (Å²) < 4.78 is 46.7. The Morgan fingerprint density at radius 2 is 1.88 bits per heavy atom. The predicted molar refractivity (Wildman–Crippen MR) is 84.7 cm³/mol. The molecule has 0 aliphatic carbocycles. The summed E-state index contributed by atoms with van der Waals surface area (Å²) in [6.07, 6.45) is -3.28. The van der Waals surface area contributed by atoms with Crippen molar-refractivity contribution in [2.24, 2.45) is 5.73 Å². The number of amides is 1. The van der Waals surface area contributed by atoms with Crippen LogP contribution >= 0.6 is 0 Å². The van der Waals surface area contributed by atoms with E-state index >= 15 is 0 Å². The molecule has 0 bridgehead atoms. The number of pyridine rings is 1. The molecule has 134 valence electrons. The van der Waals surface area contributed by atoms with Crippen LogP contribution in [0.1, 0.15) is 10.4 Å². The normalized spacial score (nSPS) is 11.0. The van der Waals surface area contributed by atoms with Gasteiger partial charge in [0.15, 0.2) is 6.61 Å². The molecule has 2 rings (SSSR count). The van der Waals surface area contributed by atoms with Crippen molar-refractivity contribution in [3.05, 3.63) is 48.2 Å². The van der Waals surface area contributed by atoms with Gasteiger partial charge in [-0.2, -0.15) is 13.2 Å². The van der Waals surface area contributed by atoms with Gasteiger partial charge in [0.05, 0.1) is 0 Å². The number of nitrogens with two attached hydrogens (primary N) is 1. The Labute approximate surface area is 141 Å². The van der Waals surface area contributed by atoms with Crippen LogP contribution in [0, 0.1) is 0 Å². The van der Waals surface area contributed by atoms with Crippen LogP contribution in [-0.4, -0.2) is 36.8 Å². The van der Waals surface area contributed by atoms with Crippen LogP contribution in [0.15, 0.2) is 42.6 Å². The third kappa shape index (κ3) is 5.96. The molecule has 0 aliphatic heterocycles. The summed E-state index contributed by atoms with van der Waals surface area (Å²) in [5.41, 5.74) is 5.67. The zero-order chi connectivity index (χ0) is 18.3. The lowest BCUT2D eigenvalue weighted by atomic mass is 10.2. The van der Waals surface area contributed by atoms with E-state index in [2.05, 4.69) is 15.0 Å². The smallest absolute Gasteiger partial charge is 0.422 e. The number of nitrogens with zero attached hydrogens (tertiary/aromatic N) is 1. The second-order valence-corrected chi connectivity index (χ2v) is 4.88. The van der Waals surface area contributed by atoms with Crippen molar-refractivity contribution in [3.63, 3.8) is 0 Å². The van der Waals surface area contributed by atoms with E-state index in [9.17, 15) is 18.0 Å². The second kappa shape index (κ2) is 8.34. The van der Waals surface area contributed by atoms with Crippen molar-refractivity contribution in [1.82, 2.24) is 4.98 Å². The van der Waals surface area contributed by atoms with Gasteiger partial charge in [-0.25, -0.2) is 4.98 Å². The number of hydrogen-bond donors (Lipinski definition) is 2. The third-order valence-electron chi connectivity index (χ3n) is 2.89. The van der Waals surface area contributed by atoms with Gasteiger partial charge in [0, 0.05) is 18.4 Å². The molecule has 25 heavy (non-hydrogen) atoms. The number of carbonyl (C=O) groups is 1. The van der Waals surface area contributed by atoms with Gasteiger partial charge < -0.3 is 20.5 Å². The highest BCUT2D eigenvalue weighted by molar-refractivity contribution is 6.05. The van der Waals surface area contributed by atoms with E-state index in [1.807, 2.05) is 0 Å². The van der Waals surface area contributed by atoms with Gasteiger partial charge in [0.2, 0.25) is 5.88 Å². The van der Waals surface area contributed by atoms with E-state index < -0.39 is 18.7 Å². The summed E-state index contributed by atoms with van der Waals surface area (Å²) in [5.74, 6) is -0.444. The SMILES string of the molecule is NCCOc1ccc(NC(=O)c2cccnc2OCC(F)(F)F)cc1. The molecule has 3 N–H and O–H groups in total. The maximum atomic E-state index is 12.3. The Morgan fingerprint density at radius 3 is 2.52 bits per heavy atom. The van der Waals surface area contributed by atoms with Gasteiger partial charge in [-0.1, -0.05) is 0 Å². The Bertz CT molecular complexity index is 706. The topological polar surface area (TPSA) is 86.5 Å². The maximum Gasteiger partial charge on any atom is 0.422 e. The molecule has 0 unspecified atom stereocenters. The number of ether oxygens (including phenoxy) is 2. The number of carbonyl (C=O) groups excluding carboxylic acids is 1. The van der Waals surface area contributed by atoms with E-state index in [-0.39, 0.29) is 11.4 Å². The lowest BCUT2D eigenvalue weighted by molar-refractivity contribution is -0.154. The molecule has 0 spiro atoms. The van der Waals surface area contributed by atoms with Gasteiger partial charge in [0.25, 0.3) is 5.91 Å². The number of aromatic nitrogens is 1. The van der Waals surface area contributed by atoms with Gasteiger partial charge in [-0.15, -0.1) is 0 Å². The maximum absolute atomic E-state index is 12.3. The molecule has 2 aromatic rings. The first-order valence-corrected chi connectivity index (χ1v) is 7.28. The van der Waals surface area contributed by atoms with Gasteiger partial charge in [-0.3, -0.25) is 4.79 Å². The van der Waals surface area contributed by atoms with Crippen LogP contribution in [0.4, 0.5) is 18.9 Å². The Kier molecular flexibility index (Phi) is 6.18. The molecule has 6 nitrogen and oxygen atoms in total. The molecule has 1 amide bonds. The molecule has 0 radical (unpaired) electrons. The quantitative estimate of drug-likeness (QED) is 0.797. The Hall–Kier alpha value is -2.81. The Morgan fingerprint density at radius 1 is 1.16 bits per heavy atom. The molecule has 1 aromatic carbocycles. The third-order valence-corrected chi connectivity index (χ3v) is 2.89. The number of anilines is 1. The molecule has 1 aromatic heterocycles. The lowest BCUT2D eigenvalue weighted by Crippen LogP contribution is -2.22. The minimum Gasteiger partial charge on any atom is -0.492 e. The first-order valence-electron chi connectivity index (χ1n) is 7.28. The number of nitrogens with one attached hydrogen (secondary N) is 1. The number of benzene rings is 1.